The van der Waals surface area contributed by atoms with Crippen molar-refractivity contribution >= 4 is 5.82 Å². The van der Waals surface area contributed by atoms with E-state index in [4.69, 9.17) is 0 Å². The van der Waals surface area contributed by atoms with Crippen molar-refractivity contribution < 1.29 is 0 Å². The van der Waals surface area contributed by atoms with Crippen LogP contribution in [0.5, 0.6) is 0 Å². The van der Waals surface area contributed by atoms with E-state index >= 15 is 0 Å². The van der Waals surface area contributed by atoms with Crippen LogP contribution >= 0.6 is 0 Å². The molecule has 2 aromatic rings. The van der Waals surface area contributed by atoms with Gasteiger partial charge in [-0.1, -0.05) is 0 Å². The van der Waals surface area contributed by atoms with E-state index in [1.54, 1.807) is 12.4 Å². The first-order valence-electron chi connectivity index (χ1n) is 6.12. The van der Waals surface area contributed by atoms with Crippen molar-refractivity contribution in [2.45, 2.75) is 19.3 Å². The Labute approximate surface area is 104 Å². The number of H-pyrrole nitrogens is 1. The lowest BCUT2D eigenvalue weighted by Gasteiger charge is -2.11. The normalized spacial score (nSPS) is 14.4. The summed E-state index contributed by atoms with van der Waals surface area (Å²) in [6, 6.07) is 3.80. The molecule has 0 fully saturated rings. The molecule has 3 heterocycles. The van der Waals surface area contributed by atoms with Crippen molar-refractivity contribution in [3.05, 3.63) is 40.6 Å². The fourth-order valence-corrected chi connectivity index (χ4v) is 2.29. The highest BCUT2D eigenvalue weighted by Gasteiger charge is 2.15. The Morgan fingerprint density at radius 1 is 1.17 bits per heavy atom. The number of nitrogens with zero attached hydrogens (tertiary/aromatic N) is 2. The average molecular weight is 242 g/mol. The molecule has 0 saturated carbocycles. The highest BCUT2D eigenvalue weighted by molar-refractivity contribution is 5.68. The summed E-state index contributed by atoms with van der Waals surface area (Å²) >= 11 is 0. The van der Waals surface area contributed by atoms with Crippen molar-refractivity contribution in [1.29, 1.82) is 0 Å². The van der Waals surface area contributed by atoms with E-state index in [-0.39, 0.29) is 5.69 Å². The van der Waals surface area contributed by atoms with Crippen molar-refractivity contribution in [2.75, 3.05) is 11.9 Å². The van der Waals surface area contributed by atoms with Crippen LogP contribution in [-0.4, -0.2) is 21.5 Å². The molecule has 0 aliphatic carbocycles. The number of rotatable bonds is 1. The second kappa shape index (κ2) is 4.60. The highest BCUT2D eigenvalue weighted by atomic mass is 16.1. The van der Waals surface area contributed by atoms with Gasteiger partial charge in [0.25, 0.3) is 0 Å². The molecule has 0 amide bonds. The number of hydrogen-bond acceptors (Lipinski definition) is 4. The molecule has 0 bridgehead atoms. The standard InChI is InChI=1S/C13H14N4O/c18-13-16-11(9-4-7-14-8-5-9)10-3-1-2-6-15-12(10)17-13/h4-5,7-8H,1-3,6H2,(H2,15,16,17,18). The van der Waals surface area contributed by atoms with Crippen LogP contribution in [0.2, 0.25) is 0 Å². The zero-order chi connectivity index (χ0) is 12.4. The molecule has 0 atom stereocenters. The minimum absolute atomic E-state index is 0.310. The van der Waals surface area contributed by atoms with Gasteiger partial charge < -0.3 is 10.3 Å². The molecule has 5 heteroatoms. The summed E-state index contributed by atoms with van der Waals surface area (Å²) in [5, 5.41) is 3.23. The Bertz CT molecular complexity index is 606. The molecule has 2 aromatic heterocycles. The first kappa shape index (κ1) is 11.0. The monoisotopic (exact) mass is 242 g/mol. The molecule has 3 rings (SSSR count). The van der Waals surface area contributed by atoms with Gasteiger partial charge in [0.15, 0.2) is 0 Å². The number of hydrogen-bond donors (Lipinski definition) is 2. The summed E-state index contributed by atoms with van der Waals surface area (Å²) in [7, 11) is 0. The van der Waals surface area contributed by atoms with Gasteiger partial charge in [-0.2, -0.15) is 4.98 Å². The Hall–Kier alpha value is -2.17. The molecule has 5 nitrogen and oxygen atoms in total. The minimum atomic E-state index is -0.310. The summed E-state index contributed by atoms with van der Waals surface area (Å²) in [5.74, 6) is 0.725. The van der Waals surface area contributed by atoms with Crippen molar-refractivity contribution in [2.24, 2.45) is 0 Å². The Morgan fingerprint density at radius 3 is 2.83 bits per heavy atom. The van der Waals surface area contributed by atoms with Crippen LogP contribution < -0.4 is 11.0 Å². The fourth-order valence-electron chi connectivity index (χ4n) is 2.29. The zero-order valence-corrected chi connectivity index (χ0v) is 9.94. The van der Waals surface area contributed by atoms with Gasteiger partial charge in [0.2, 0.25) is 0 Å². The molecule has 2 N–H and O–H groups in total. The van der Waals surface area contributed by atoms with Gasteiger partial charge in [-0.25, -0.2) is 4.79 Å². The molecule has 0 aromatic carbocycles. The van der Waals surface area contributed by atoms with Gasteiger partial charge in [0.1, 0.15) is 5.82 Å². The maximum atomic E-state index is 11.6. The second-order valence-electron chi connectivity index (χ2n) is 4.36. The summed E-state index contributed by atoms with van der Waals surface area (Å²) in [6.07, 6.45) is 6.59. The summed E-state index contributed by atoms with van der Waals surface area (Å²) < 4.78 is 0. The molecular weight excluding hydrogens is 228 g/mol. The third-order valence-corrected chi connectivity index (χ3v) is 3.15. The number of pyridine rings is 1. The van der Waals surface area contributed by atoms with E-state index in [9.17, 15) is 4.79 Å². The Kier molecular flexibility index (Phi) is 2.80. The maximum absolute atomic E-state index is 11.6. The summed E-state index contributed by atoms with van der Waals surface area (Å²) in [6.45, 7) is 0.874. The molecule has 0 unspecified atom stereocenters. The van der Waals surface area contributed by atoms with Crippen molar-refractivity contribution in [3.63, 3.8) is 0 Å². The fraction of sp³-hybridized carbons (Fsp3) is 0.308. The number of fused-ring (bicyclic) bond motifs is 1. The van der Waals surface area contributed by atoms with Crippen molar-refractivity contribution in [3.8, 4) is 11.3 Å². The van der Waals surface area contributed by atoms with E-state index in [0.717, 1.165) is 48.4 Å². The van der Waals surface area contributed by atoms with Crippen LogP contribution in [0, 0.1) is 0 Å². The number of aromatic nitrogens is 3. The molecule has 92 valence electrons. The summed E-state index contributed by atoms with van der Waals surface area (Å²) in [5.41, 5.74) is 2.62. The third-order valence-electron chi connectivity index (χ3n) is 3.15. The molecular formula is C13H14N4O. The largest absolute Gasteiger partial charge is 0.370 e. The van der Waals surface area contributed by atoms with E-state index < -0.39 is 0 Å². The molecule has 1 aliphatic heterocycles. The van der Waals surface area contributed by atoms with E-state index in [1.807, 2.05) is 12.1 Å². The van der Waals surface area contributed by atoms with Crippen LogP contribution in [0.15, 0.2) is 29.3 Å². The predicted molar refractivity (Wildman–Crippen MR) is 69.5 cm³/mol. The number of nitrogens with one attached hydrogen (secondary N) is 2. The van der Waals surface area contributed by atoms with E-state index in [0.29, 0.717) is 0 Å². The van der Waals surface area contributed by atoms with Crippen molar-refractivity contribution in [1.82, 2.24) is 15.0 Å². The number of aromatic amines is 1. The Balaban J connectivity index is 2.20. The third kappa shape index (κ3) is 1.99. The van der Waals surface area contributed by atoms with Crippen LogP contribution in [0.4, 0.5) is 5.82 Å². The maximum Gasteiger partial charge on any atom is 0.347 e. The topological polar surface area (TPSA) is 70.7 Å². The zero-order valence-electron chi connectivity index (χ0n) is 9.94. The molecule has 1 aliphatic rings. The van der Waals surface area contributed by atoms with Gasteiger partial charge >= 0.3 is 5.69 Å². The van der Waals surface area contributed by atoms with Crippen LogP contribution in [0.25, 0.3) is 11.3 Å². The first-order valence-corrected chi connectivity index (χ1v) is 6.12. The minimum Gasteiger partial charge on any atom is -0.370 e. The molecule has 0 spiro atoms. The van der Waals surface area contributed by atoms with Gasteiger partial charge in [-0.15, -0.1) is 0 Å². The first-order chi connectivity index (χ1) is 8.84. The van der Waals surface area contributed by atoms with Crippen LogP contribution in [0.1, 0.15) is 18.4 Å². The quantitative estimate of drug-likeness (QED) is 0.796. The van der Waals surface area contributed by atoms with Gasteiger partial charge in [0.05, 0.1) is 5.69 Å². The predicted octanol–water partition coefficient (Wildman–Crippen LogP) is 1.58. The van der Waals surface area contributed by atoms with Crippen LogP contribution in [-0.2, 0) is 6.42 Å². The number of anilines is 1. The Morgan fingerprint density at radius 2 is 2.00 bits per heavy atom. The molecule has 0 saturated heterocycles. The lowest BCUT2D eigenvalue weighted by atomic mass is 10.0. The van der Waals surface area contributed by atoms with Gasteiger partial charge in [-0.3, -0.25) is 4.98 Å². The lowest BCUT2D eigenvalue weighted by Crippen LogP contribution is -2.17. The summed E-state index contributed by atoms with van der Waals surface area (Å²) in [4.78, 5) is 22.5. The smallest absolute Gasteiger partial charge is 0.347 e. The highest BCUT2D eigenvalue weighted by Crippen LogP contribution is 2.27. The molecule has 18 heavy (non-hydrogen) atoms. The van der Waals surface area contributed by atoms with E-state index in [1.165, 1.54) is 0 Å². The van der Waals surface area contributed by atoms with E-state index in [2.05, 4.69) is 20.3 Å². The van der Waals surface area contributed by atoms with Gasteiger partial charge in [-0.05, 0) is 31.4 Å². The average Bonchev–Trinajstić information content (AvgIpc) is 2.64. The lowest BCUT2D eigenvalue weighted by molar-refractivity contribution is 0.785. The molecule has 0 radical (unpaired) electrons. The SMILES string of the molecule is O=c1nc2c(c(-c3ccncc3)[nH]1)CCCCN2. The van der Waals surface area contributed by atoms with Gasteiger partial charge in [0, 0.05) is 30.1 Å². The van der Waals surface area contributed by atoms with Crippen LogP contribution in [0.3, 0.4) is 0 Å². The second-order valence-corrected chi connectivity index (χ2v) is 4.36.